The number of aromatic nitrogens is 1. The molecule has 0 amide bonds. The van der Waals surface area contributed by atoms with E-state index in [1.165, 1.54) is 0 Å². The molecule has 9 heavy (non-hydrogen) atoms. The van der Waals surface area contributed by atoms with Gasteiger partial charge in [0, 0.05) is 12.1 Å². The van der Waals surface area contributed by atoms with E-state index in [2.05, 4.69) is 6.58 Å². The summed E-state index contributed by atoms with van der Waals surface area (Å²) in [5.74, 6) is 0. The van der Waals surface area contributed by atoms with Gasteiger partial charge in [-0.05, 0) is 6.58 Å². The first-order valence-corrected chi connectivity index (χ1v) is 2.52. The summed E-state index contributed by atoms with van der Waals surface area (Å²) in [5.41, 5.74) is 0. The summed E-state index contributed by atoms with van der Waals surface area (Å²) in [7, 11) is 0. The van der Waals surface area contributed by atoms with Gasteiger partial charge in [0.2, 0.25) is 0 Å². The molecule has 0 aromatic carbocycles. The number of nitrogens with zero attached hydrogens (tertiary/aromatic N) is 1. The standard InChI is InChI=1S/C7H8N.ClH/c1-2-8-6-4-3-5-7-8;/h2-7H,1H2;1H/q+1;/p-1. The molecule has 1 rings (SSSR count). The highest BCUT2D eigenvalue weighted by molar-refractivity contribution is 4.97. The smallest absolute Gasteiger partial charge is 0.174 e. The molecule has 0 aliphatic rings. The Morgan fingerprint density at radius 1 is 1.11 bits per heavy atom. The van der Waals surface area contributed by atoms with Crippen molar-refractivity contribution in [3.05, 3.63) is 37.2 Å². The van der Waals surface area contributed by atoms with Crippen LogP contribution in [0.2, 0.25) is 0 Å². The molecule has 0 N–H and O–H groups in total. The van der Waals surface area contributed by atoms with E-state index in [-0.39, 0.29) is 12.4 Å². The second-order valence-electron chi connectivity index (χ2n) is 1.51. The Morgan fingerprint density at radius 2 is 1.67 bits per heavy atom. The first kappa shape index (κ1) is 8.18. The minimum Gasteiger partial charge on any atom is -1.00 e. The van der Waals surface area contributed by atoms with Gasteiger partial charge in [-0.2, -0.15) is 4.57 Å². The molecule has 1 aromatic rings. The Bertz CT molecular complexity index is 172. The number of pyridine rings is 1. The summed E-state index contributed by atoms with van der Waals surface area (Å²) in [6.45, 7) is 3.59. The largest absolute Gasteiger partial charge is 1.00 e. The van der Waals surface area contributed by atoms with Gasteiger partial charge in [0.25, 0.3) is 0 Å². The van der Waals surface area contributed by atoms with Crippen molar-refractivity contribution in [3.8, 4) is 0 Å². The molecule has 0 saturated carbocycles. The van der Waals surface area contributed by atoms with Crippen molar-refractivity contribution in [1.29, 1.82) is 0 Å². The second-order valence-corrected chi connectivity index (χ2v) is 1.51. The van der Waals surface area contributed by atoms with Crippen molar-refractivity contribution in [2.24, 2.45) is 0 Å². The topological polar surface area (TPSA) is 3.88 Å². The second kappa shape index (κ2) is 4.10. The van der Waals surface area contributed by atoms with Gasteiger partial charge in [0.05, 0.1) is 0 Å². The molecule has 1 nitrogen and oxygen atoms in total. The Morgan fingerprint density at radius 3 is 2.00 bits per heavy atom. The van der Waals surface area contributed by atoms with Crippen LogP contribution in [0.5, 0.6) is 0 Å². The minimum atomic E-state index is 0. The van der Waals surface area contributed by atoms with Crippen LogP contribution in [0.4, 0.5) is 0 Å². The number of hydrogen-bond donors (Lipinski definition) is 0. The predicted molar refractivity (Wildman–Crippen MR) is 33.0 cm³/mol. The summed E-state index contributed by atoms with van der Waals surface area (Å²) in [6.07, 6.45) is 5.62. The van der Waals surface area contributed by atoms with Crippen molar-refractivity contribution in [3.63, 3.8) is 0 Å². The normalized spacial score (nSPS) is 7.56. The molecule has 0 unspecified atom stereocenters. The zero-order valence-electron chi connectivity index (χ0n) is 5.00. The lowest BCUT2D eigenvalue weighted by Gasteiger charge is -1.79. The average molecular weight is 142 g/mol. The van der Waals surface area contributed by atoms with E-state index in [0.717, 1.165) is 0 Å². The predicted octanol–water partition coefficient (Wildman–Crippen LogP) is -1.92. The van der Waals surface area contributed by atoms with Crippen molar-refractivity contribution in [2.45, 2.75) is 0 Å². The van der Waals surface area contributed by atoms with Crippen LogP contribution in [0.25, 0.3) is 6.20 Å². The van der Waals surface area contributed by atoms with Crippen LogP contribution in [-0.4, -0.2) is 0 Å². The van der Waals surface area contributed by atoms with E-state index in [4.69, 9.17) is 0 Å². The molecule has 0 spiro atoms. The zero-order chi connectivity index (χ0) is 5.82. The molecule has 0 saturated heterocycles. The highest BCUT2D eigenvalue weighted by atomic mass is 35.5. The van der Waals surface area contributed by atoms with Gasteiger partial charge in [-0.3, -0.25) is 0 Å². The van der Waals surface area contributed by atoms with E-state index in [1.54, 1.807) is 6.20 Å². The van der Waals surface area contributed by atoms with E-state index >= 15 is 0 Å². The quantitative estimate of drug-likeness (QED) is 0.402. The Labute approximate surface area is 61.1 Å². The Balaban J connectivity index is 0.000000640. The van der Waals surface area contributed by atoms with Gasteiger partial charge in [-0.15, -0.1) is 0 Å². The van der Waals surface area contributed by atoms with Crippen LogP contribution in [0.15, 0.2) is 37.2 Å². The van der Waals surface area contributed by atoms with Crippen LogP contribution in [0, 0.1) is 0 Å². The van der Waals surface area contributed by atoms with E-state index in [0.29, 0.717) is 0 Å². The molecule has 0 fully saturated rings. The van der Waals surface area contributed by atoms with Gasteiger partial charge in [-0.25, -0.2) is 0 Å². The summed E-state index contributed by atoms with van der Waals surface area (Å²) < 4.78 is 1.89. The lowest BCUT2D eigenvalue weighted by Crippen LogP contribution is -3.00. The maximum Gasteiger partial charge on any atom is 0.174 e. The average Bonchev–Trinajstić information content (AvgIpc) is 1.90. The lowest BCUT2D eigenvalue weighted by atomic mass is 10.5. The molecule has 0 bridgehead atoms. The molecule has 0 aliphatic carbocycles. The highest BCUT2D eigenvalue weighted by Crippen LogP contribution is 1.74. The van der Waals surface area contributed by atoms with Gasteiger partial charge >= 0.3 is 0 Å². The van der Waals surface area contributed by atoms with Gasteiger partial charge < -0.3 is 12.4 Å². The maximum atomic E-state index is 3.59. The molecule has 48 valence electrons. The minimum absolute atomic E-state index is 0. The first-order valence-electron chi connectivity index (χ1n) is 2.52. The zero-order valence-corrected chi connectivity index (χ0v) is 5.75. The maximum absolute atomic E-state index is 3.59. The summed E-state index contributed by atoms with van der Waals surface area (Å²) in [5, 5.41) is 0. The number of rotatable bonds is 1. The molecular formula is C7H8ClN. The van der Waals surface area contributed by atoms with Crippen molar-refractivity contribution in [1.82, 2.24) is 0 Å². The third-order valence-electron chi connectivity index (χ3n) is 0.949. The van der Waals surface area contributed by atoms with Crippen LogP contribution >= 0.6 is 0 Å². The van der Waals surface area contributed by atoms with Gasteiger partial charge in [-0.1, -0.05) is 6.07 Å². The third-order valence-corrected chi connectivity index (χ3v) is 0.949. The number of hydrogen-bond acceptors (Lipinski definition) is 0. The van der Waals surface area contributed by atoms with Crippen LogP contribution in [0.3, 0.4) is 0 Å². The highest BCUT2D eigenvalue weighted by Gasteiger charge is 1.83. The molecule has 1 aromatic heterocycles. The third kappa shape index (κ3) is 2.29. The van der Waals surface area contributed by atoms with Gasteiger partial charge in [0.15, 0.2) is 18.6 Å². The van der Waals surface area contributed by atoms with Crippen molar-refractivity contribution < 1.29 is 17.0 Å². The van der Waals surface area contributed by atoms with Crippen molar-refractivity contribution >= 4 is 6.20 Å². The molecule has 2 heteroatoms. The molecule has 0 aliphatic heterocycles. The fourth-order valence-electron chi connectivity index (χ4n) is 0.534. The Kier molecular flexibility index (Phi) is 3.72. The number of halogens is 1. The van der Waals surface area contributed by atoms with Crippen molar-refractivity contribution in [2.75, 3.05) is 0 Å². The molecule has 0 radical (unpaired) electrons. The molecule has 0 atom stereocenters. The fourth-order valence-corrected chi connectivity index (χ4v) is 0.534. The summed E-state index contributed by atoms with van der Waals surface area (Å²) >= 11 is 0. The van der Waals surface area contributed by atoms with Crippen LogP contribution in [-0.2, 0) is 0 Å². The van der Waals surface area contributed by atoms with E-state index in [9.17, 15) is 0 Å². The lowest BCUT2D eigenvalue weighted by molar-refractivity contribution is -0.567. The fraction of sp³-hybridized carbons (Fsp3) is 0. The van der Waals surface area contributed by atoms with Crippen LogP contribution < -0.4 is 17.0 Å². The van der Waals surface area contributed by atoms with E-state index in [1.807, 2.05) is 35.2 Å². The summed E-state index contributed by atoms with van der Waals surface area (Å²) in [4.78, 5) is 0. The summed E-state index contributed by atoms with van der Waals surface area (Å²) in [6, 6.07) is 5.89. The van der Waals surface area contributed by atoms with Crippen LogP contribution in [0.1, 0.15) is 0 Å². The monoisotopic (exact) mass is 141 g/mol. The molecular weight excluding hydrogens is 134 g/mol. The van der Waals surface area contributed by atoms with E-state index < -0.39 is 0 Å². The van der Waals surface area contributed by atoms with Gasteiger partial charge in [0.1, 0.15) is 0 Å². The first-order chi connectivity index (χ1) is 3.93. The Hall–Kier alpha value is -0.820. The molecule has 1 heterocycles. The SMILES string of the molecule is C=C[n+]1ccccc1.[Cl-].